The van der Waals surface area contributed by atoms with E-state index in [0.717, 1.165) is 31.2 Å². The first-order valence-corrected chi connectivity index (χ1v) is 9.29. The second-order valence-corrected chi connectivity index (χ2v) is 8.81. The number of amides is 1. The van der Waals surface area contributed by atoms with Crippen molar-refractivity contribution in [1.82, 2.24) is 5.32 Å². The molecule has 2 saturated carbocycles. The van der Waals surface area contributed by atoms with Crippen molar-refractivity contribution in [3.63, 3.8) is 0 Å². The Hall–Kier alpha value is 0.170. The lowest BCUT2D eigenvalue weighted by atomic mass is 9.67. The third-order valence-corrected chi connectivity index (χ3v) is 8.86. The molecule has 2 atom stereocenters. The van der Waals surface area contributed by atoms with Crippen molar-refractivity contribution in [3.8, 4) is 0 Å². The first-order chi connectivity index (χ1) is 8.76. The molecular weight excluding hydrogens is 262 g/mol. The summed E-state index contributed by atoms with van der Waals surface area (Å²) in [6, 6.07) is 0. The molecule has 3 fully saturated rings. The predicted octanol–water partition coefficient (Wildman–Crippen LogP) is 3.13. The number of rotatable bonds is 2. The van der Waals surface area contributed by atoms with Crippen LogP contribution in [0.5, 0.6) is 0 Å². The van der Waals surface area contributed by atoms with E-state index >= 15 is 0 Å². The average Bonchev–Trinajstić information content (AvgIpc) is 2.78. The third kappa shape index (κ3) is 2.09. The Kier molecular flexibility index (Phi) is 3.86. The maximum absolute atomic E-state index is 12.1. The number of hydrogen-bond acceptors (Lipinski definition) is 3. The van der Waals surface area contributed by atoms with Crippen LogP contribution < -0.4 is 5.32 Å². The van der Waals surface area contributed by atoms with Gasteiger partial charge in [0.05, 0.1) is 4.08 Å². The lowest BCUT2D eigenvalue weighted by Crippen LogP contribution is -2.49. The van der Waals surface area contributed by atoms with Crippen molar-refractivity contribution in [2.24, 2.45) is 17.8 Å². The Morgan fingerprint density at radius 3 is 2.39 bits per heavy atom. The largest absolute Gasteiger partial charge is 0.356 e. The first-order valence-electron chi connectivity index (χ1n) is 7.32. The maximum Gasteiger partial charge on any atom is 0.223 e. The molecule has 2 aliphatic carbocycles. The van der Waals surface area contributed by atoms with Crippen molar-refractivity contribution in [3.05, 3.63) is 0 Å². The highest BCUT2D eigenvalue weighted by Crippen LogP contribution is 2.64. The van der Waals surface area contributed by atoms with E-state index in [1.165, 1.54) is 30.8 Å². The fourth-order valence-corrected chi connectivity index (χ4v) is 8.08. The van der Waals surface area contributed by atoms with Gasteiger partial charge in [0.15, 0.2) is 0 Å². The van der Waals surface area contributed by atoms with Crippen LogP contribution in [0.4, 0.5) is 0 Å². The Balaban J connectivity index is 1.76. The molecule has 2 bridgehead atoms. The van der Waals surface area contributed by atoms with E-state index in [-0.39, 0.29) is 0 Å². The quantitative estimate of drug-likeness (QED) is 0.845. The number of hydrogen-bond donors (Lipinski definition) is 1. The molecule has 2 unspecified atom stereocenters. The first kappa shape index (κ1) is 13.2. The summed E-state index contributed by atoms with van der Waals surface area (Å²) in [5.74, 6) is 4.84. The zero-order chi connectivity index (χ0) is 12.6. The van der Waals surface area contributed by atoms with Crippen LogP contribution in [0.3, 0.4) is 0 Å². The minimum Gasteiger partial charge on any atom is -0.356 e. The minimum absolute atomic E-state index is 0.299. The molecular formula is C14H23NOS2. The number of carbonyl (C=O) groups is 1. The molecule has 1 N–H and O–H groups in total. The Bertz CT molecular complexity index is 312. The fourth-order valence-electron chi connectivity index (χ4n) is 4.14. The van der Waals surface area contributed by atoms with Gasteiger partial charge in [0.2, 0.25) is 5.91 Å². The van der Waals surface area contributed by atoms with E-state index in [4.69, 9.17) is 0 Å². The summed E-state index contributed by atoms with van der Waals surface area (Å²) in [5.41, 5.74) is 0. The van der Waals surface area contributed by atoms with E-state index in [9.17, 15) is 4.79 Å². The fraction of sp³-hybridized carbons (Fsp3) is 0.929. The van der Waals surface area contributed by atoms with Gasteiger partial charge in [-0.15, -0.1) is 23.5 Å². The monoisotopic (exact) mass is 285 g/mol. The zero-order valence-electron chi connectivity index (χ0n) is 11.1. The molecule has 2 nitrogen and oxygen atoms in total. The van der Waals surface area contributed by atoms with E-state index in [1.54, 1.807) is 0 Å². The molecule has 3 rings (SSSR count). The van der Waals surface area contributed by atoms with Crippen molar-refractivity contribution in [2.45, 2.75) is 43.1 Å². The summed E-state index contributed by atoms with van der Waals surface area (Å²) < 4.78 is 0.501. The highest BCUT2D eigenvalue weighted by atomic mass is 32.2. The summed E-state index contributed by atoms with van der Waals surface area (Å²) >= 11 is 4.43. The summed E-state index contributed by atoms with van der Waals surface area (Å²) in [6.07, 6.45) is 6.38. The molecule has 102 valence electrons. The second-order valence-electron chi connectivity index (χ2n) is 5.81. The molecule has 1 aliphatic heterocycles. The molecule has 3 aliphatic rings. The smallest absolute Gasteiger partial charge is 0.223 e. The second kappa shape index (κ2) is 5.28. The van der Waals surface area contributed by atoms with Crippen LogP contribution in [0.25, 0.3) is 0 Å². The molecule has 0 aromatic rings. The molecule has 0 aromatic heterocycles. The average molecular weight is 285 g/mol. The molecule has 0 aromatic carbocycles. The molecule has 1 amide bonds. The van der Waals surface area contributed by atoms with Crippen LogP contribution in [0.2, 0.25) is 0 Å². The van der Waals surface area contributed by atoms with E-state index in [1.807, 2.05) is 6.92 Å². The van der Waals surface area contributed by atoms with Gasteiger partial charge in [0.1, 0.15) is 0 Å². The maximum atomic E-state index is 12.1. The van der Waals surface area contributed by atoms with Gasteiger partial charge in [-0.05, 0) is 44.4 Å². The standard InChI is InChI=1S/C14H23NOS2/c1-2-15-13(16)10-8-11-4-3-5-12(9-10)14(11)17-6-7-18-14/h10-12H,2-9H2,1H3,(H,15,16). The Labute approximate surface area is 118 Å². The van der Waals surface area contributed by atoms with E-state index in [0.29, 0.717) is 15.9 Å². The van der Waals surface area contributed by atoms with Gasteiger partial charge in [0.25, 0.3) is 0 Å². The Morgan fingerprint density at radius 1 is 1.22 bits per heavy atom. The zero-order valence-corrected chi connectivity index (χ0v) is 12.7. The summed E-state index contributed by atoms with van der Waals surface area (Å²) in [5, 5.41) is 3.03. The molecule has 4 heteroatoms. The minimum atomic E-state index is 0.299. The van der Waals surface area contributed by atoms with Gasteiger partial charge in [-0.3, -0.25) is 4.79 Å². The number of nitrogens with one attached hydrogen (secondary N) is 1. The van der Waals surface area contributed by atoms with E-state index in [2.05, 4.69) is 28.8 Å². The lowest BCUT2D eigenvalue weighted by Gasteiger charge is -2.52. The SMILES string of the molecule is CCNC(=O)C1CC2CCCC(C1)C21SCCS1. The van der Waals surface area contributed by atoms with Crippen LogP contribution in [0, 0.1) is 17.8 Å². The van der Waals surface area contributed by atoms with Crippen LogP contribution >= 0.6 is 23.5 Å². The van der Waals surface area contributed by atoms with Crippen molar-refractivity contribution in [1.29, 1.82) is 0 Å². The lowest BCUT2D eigenvalue weighted by molar-refractivity contribution is -0.127. The number of thioether (sulfide) groups is 2. The van der Waals surface area contributed by atoms with Gasteiger partial charge in [-0.2, -0.15) is 0 Å². The van der Waals surface area contributed by atoms with Gasteiger partial charge >= 0.3 is 0 Å². The molecule has 1 heterocycles. The number of carbonyl (C=O) groups excluding carboxylic acids is 1. The van der Waals surface area contributed by atoms with Crippen LogP contribution in [-0.2, 0) is 4.79 Å². The normalized spacial score (nSPS) is 37.7. The summed E-state index contributed by atoms with van der Waals surface area (Å²) in [4.78, 5) is 12.1. The van der Waals surface area contributed by atoms with Crippen molar-refractivity contribution >= 4 is 29.4 Å². The highest BCUT2D eigenvalue weighted by molar-refractivity contribution is 8.21. The molecule has 0 radical (unpaired) electrons. The van der Waals surface area contributed by atoms with Crippen LogP contribution in [-0.4, -0.2) is 28.0 Å². The topological polar surface area (TPSA) is 29.1 Å². The molecule has 1 saturated heterocycles. The van der Waals surface area contributed by atoms with Gasteiger partial charge < -0.3 is 5.32 Å². The molecule has 18 heavy (non-hydrogen) atoms. The third-order valence-electron chi connectivity index (χ3n) is 4.84. The van der Waals surface area contributed by atoms with Gasteiger partial charge in [-0.1, -0.05) is 6.42 Å². The predicted molar refractivity (Wildman–Crippen MR) is 79.9 cm³/mol. The Morgan fingerprint density at radius 2 is 1.83 bits per heavy atom. The van der Waals surface area contributed by atoms with Crippen LogP contribution in [0.15, 0.2) is 0 Å². The highest BCUT2D eigenvalue weighted by Gasteiger charge is 2.55. The van der Waals surface area contributed by atoms with Crippen molar-refractivity contribution < 1.29 is 4.79 Å². The van der Waals surface area contributed by atoms with E-state index < -0.39 is 0 Å². The van der Waals surface area contributed by atoms with Gasteiger partial charge in [-0.25, -0.2) is 0 Å². The van der Waals surface area contributed by atoms with Gasteiger partial charge in [0, 0.05) is 24.0 Å². The van der Waals surface area contributed by atoms with Crippen molar-refractivity contribution in [2.75, 3.05) is 18.1 Å². The summed E-state index contributed by atoms with van der Waals surface area (Å²) in [6.45, 7) is 2.80. The van der Waals surface area contributed by atoms with Crippen LogP contribution in [0.1, 0.15) is 39.0 Å². The summed E-state index contributed by atoms with van der Waals surface area (Å²) in [7, 11) is 0. The molecule has 1 spiro atoms.